The topological polar surface area (TPSA) is 126 Å². The first-order valence-electron chi connectivity index (χ1n) is 14.8. The summed E-state index contributed by atoms with van der Waals surface area (Å²) in [6.07, 6.45) is 5.95. The number of rotatable bonds is 15. The molecule has 0 saturated carbocycles. The number of aryl methyl sites for hydroxylation is 1. The molecule has 0 aromatic heterocycles. The smallest absolute Gasteiger partial charge is 0.223 e. The number of carbonyl (C=O) groups excluding carboxylic acids is 4. The first-order chi connectivity index (χ1) is 19.5. The van der Waals surface area contributed by atoms with E-state index in [1.54, 1.807) is 39.0 Å². The third-order valence-corrected chi connectivity index (χ3v) is 8.45. The third kappa shape index (κ3) is 8.80. The van der Waals surface area contributed by atoms with Crippen LogP contribution in [-0.4, -0.2) is 84.4 Å². The molecule has 2 fully saturated rings. The zero-order valence-electron chi connectivity index (χ0n) is 24.6. The maximum absolute atomic E-state index is 13.8. The van der Waals surface area contributed by atoms with E-state index in [2.05, 4.69) is 11.4 Å². The minimum atomic E-state index is -0.871. The molecule has 2 heterocycles. The third-order valence-electron chi connectivity index (χ3n) is 8.45. The minimum Gasteiger partial charge on any atom is -0.508 e. The number of nitrogens with one attached hydrogen (secondary N) is 1. The van der Waals surface area contributed by atoms with Crippen molar-refractivity contribution in [2.24, 2.45) is 11.8 Å². The van der Waals surface area contributed by atoms with E-state index in [9.17, 15) is 24.3 Å². The molecule has 1 amide bonds. The van der Waals surface area contributed by atoms with Crippen molar-refractivity contribution < 1.29 is 33.8 Å². The van der Waals surface area contributed by atoms with Crippen LogP contribution in [0.15, 0.2) is 29.8 Å². The number of epoxide rings is 1. The molecule has 2 saturated heterocycles. The number of allylic oxidation sites excluding steroid dienone is 2. The Balaban J connectivity index is 1.45. The lowest BCUT2D eigenvalue weighted by atomic mass is 9.83. The molecule has 0 unspecified atom stereocenters. The second kappa shape index (κ2) is 13.9. The number of carbonyl (C=O) groups is 4. The Hall–Kier alpha value is -2.88. The van der Waals surface area contributed by atoms with E-state index in [1.165, 1.54) is 5.57 Å². The molecule has 1 aromatic carbocycles. The molecule has 4 rings (SSSR count). The van der Waals surface area contributed by atoms with Gasteiger partial charge in [0, 0.05) is 37.8 Å². The number of ether oxygens (including phenoxy) is 2. The summed E-state index contributed by atoms with van der Waals surface area (Å²) in [5, 5.41) is 12.9. The van der Waals surface area contributed by atoms with Crippen LogP contribution in [0.4, 0.5) is 0 Å². The minimum absolute atomic E-state index is 0.00147. The van der Waals surface area contributed by atoms with Gasteiger partial charge < -0.3 is 19.9 Å². The predicted octanol–water partition coefficient (Wildman–Crippen LogP) is 3.09. The molecule has 224 valence electrons. The summed E-state index contributed by atoms with van der Waals surface area (Å²) in [4.78, 5) is 55.2. The number of Topliss-reactive ketones (excluding diaryl/α,β-unsaturated/α-hetero) is 3. The number of phenols is 1. The number of benzene rings is 1. The highest BCUT2D eigenvalue weighted by molar-refractivity contribution is 5.97. The predicted molar refractivity (Wildman–Crippen MR) is 154 cm³/mol. The molecule has 2 aliphatic heterocycles. The molecule has 0 bridgehead atoms. The van der Waals surface area contributed by atoms with Crippen molar-refractivity contribution in [1.29, 1.82) is 0 Å². The summed E-state index contributed by atoms with van der Waals surface area (Å²) in [5.74, 6) is -1.66. The van der Waals surface area contributed by atoms with Crippen LogP contribution < -0.4 is 5.32 Å². The van der Waals surface area contributed by atoms with E-state index >= 15 is 0 Å². The number of ketones is 3. The Morgan fingerprint density at radius 1 is 1.12 bits per heavy atom. The van der Waals surface area contributed by atoms with Gasteiger partial charge in [-0.25, -0.2) is 0 Å². The van der Waals surface area contributed by atoms with Crippen LogP contribution in [-0.2, 0) is 35.1 Å². The maximum Gasteiger partial charge on any atom is 0.223 e. The molecule has 41 heavy (non-hydrogen) atoms. The van der Waals surface area contributed by atoms with Crippen LogP contribution in [0.25, 0.3) is 0 Å². The van der Waals surface area contributed by atoms with Crippen LogP contribution in [0, 0.1) is 18.8 Å². The van der Waals surface area contributed by atoms with Gasteiger partial charge in [-0.15, -0.1) is 0 Å². The summed E-state index contributed by atoms with van der Waals surface area (Å²) in [7, 11) is 0. The Labute approximate surface area is 242 Å². The molecule has 3 aliphatic rings. The van der Waals surface area contributed by atoms with E-state index < -0.39 is 23.5 Å². The standard InChI is InChI=1S/C32H44N2O7/c1-21-14-24(8-9-28(21)36)17-27(33-31(39)22(2)15-26(35)19-34-10-12-40-13-11-34)29(37)18-25(16-23-6-4-5-7-23)30(38)32(3)20-41-32/h6,8-9,14,22,25,27,36H,4-5,7,10-13,15-20H2,1-3H3,(H,33,39)/t22-,25-,27+,32-/m1/s1. The lowest BCUT2D eigenvalue weighted by Gasteiger charge is -2.26. The Bertz CT molecular complexity index is 1170. The van der Waals surface area contributed by atoms with Crippen molar-refractivity contribution in [3.63, 3.8) is 0 Å². The first-order valence-corrected chi connectivity index (χ1v) is 14.8. The van der Waals surface area contributed by atoms with Crippen LogP contribution in [0.2, 0.25) is 0 Å². The zero-order chi connectivity index (χ0) is 29.6. The number of hydrogen-bond acceptors (Lipinski definition) is 8. The molecule has 9 heteroatoms. The summed E-state index contributed by atoms with van der Waals surface area (Å²) < 4.78 is 10.8. The average Bonchev–Trinajstić information content (AvgIpc) is 3.48. The van der Waals surface area contributed by atoms with Crippen molar-refractivity contribution in [2.75, 3.05) is 39.5 Å². The highest BCUT2D eigenvalue weighted by Crippen LogP contribution is 2.35. The molecule has 0 spiro atoms. The van der Waals surface area contributed by atoms with Crippen LogP contribution in [0.5, 0.6) is 5.75 Å². The van der Waals surface area contributed by atoms with Crippen molar-refractivity contribution in [3.05, 3.63) is 41.0 Å². The Morgan fingerprint density at radius 2 is 1.85 bits per heavy atom. The summed E-state index contributed by atoms with van der Waals surface area (Å²) in [6, 6.07) is 4.23. The van der Waals surface area contributed by atoms with Gasteiger partial charge in [0.25, 0.3) is 0 Å². The fraction of sp³-hybridized carbons (Fsp3) is 0.625. The number of aromatic hydroxyl groups is 1. The molecule has 0 radical (unpaired) electrons. The fourth-order valence-corrected chi connectivity index (χ4v) is 5.71. The molecule has 2 N–H and O–H groups in total. The van der Waals surface area contributed by atoms with Gasteiger partial charge in [0.2, 0.25) is 5.91 Å². The van der Waals surface area contributed by atoms with E-state index in [1.807, 2.05) is 4.90 Å². The Kier molecular flexibility index (Phi) is 10.5. The number of phenolic OH excluding ortho intramolecular Hbond substituents is 1. The molecular formula is C32H44N2O7. The van der Waals surface area contributed by atoms with Crippen LogP contribution >= 0.6 is 0 Å². The first kappa shape index (κ1) is 31.1. The Morgan fingerprint density at radius 3 is 2.49 bits per heavy atom. The molecule has 1 aromatic rings. The van der Waals surface area contributed by atoms with E-state index in [0.29, 0.717) is 44.9 Å². The van der Waals surface area contributed by atoms with Gasteiger partial charge in [0.05, 0.1) is 32.4 Å². The maximum atomic E-state index is 13.8. The molecule has 4 atom stereocenters. The van der Waals surface area contributed by atoms with E-state index in [-0.39, 0.29) is 54.8 Å². The van der Waals surface area contributed by atoms with Crippen molar-refractivity contribution in [3.8, 4) is 5.75 Å². The van der Waals surface area contributed by atoms with Gasteiger partial charge in [-0.1, -0.05) is 30.7 Å². The lowest BCUT2D eigenvalue weighted by Crippen LogP contribution is -2.46. The van der Waals surface area contributed by atoms with Crippen LogP contribution in [0.1, 0.15) is 63.5 Å². The number of amides is 1. The van der Waals surface area contributed by atoms with Gasteiger partial charge in [0.1, 0.15) is 17.1 Å². The summed E-state index contributed by atoms with van der Waals surface area (Å²) in [5.41, 5.74) is 1.81. The highest BCUT2D eigenvalue weighted by Gasteiger charge is 2.50. The number of morpholine rings is 1. The summed E-state index contributed by atoms with van der Waals surface area (Å²) in [6.45, 7) is 8.44. The monoisotopic (exact) mass is 568 g/mol. The quantitative estimate of drug-likeness (QED) is 0.244. The van der Waals surface area contributed by atoms with Gasteiger partial charge in [-0.05, 0) is 63.1 Å². The SMILES string of the molecule is Cc1cc(C[C@H](NC(=O)[C@H](C)CC(=O)CN2CCOCC2)C(=O)C[C@@H](CC2=CCCC2)C(=O)[C@@]2(C)CO2)ccc1O. The van der Waals surface area contributed by atoms with Crippen molar-refractivity contribution >= 4 is 23.3 Å². The van der Waals surface area contributed by atoms with Gasteiger partial charge in [-0.2, -0.15) is 0 Å². The fourth-order valence-electron chi connectivity index (χ4n) is 5.71. The molecular weight excluding hydrogens is 524 g/mol. The molecule has 9 nitrogen and oxygen atoms in total. The normalized spacial score (nSPS) is 22.9. The lowest BCUT2D eigenvalue weighted by molar-refractivity contribution is -0.134. The largest absolute Gasteiger partial charge is 0.508 e. The van der Waals surface area contributed by atoms with E-state index in [0.717, 1.165) is 24.8 Å². The highest BCUT2D eigenvalue weighted by atomic mass is 16.6. The van der Waals surface area contributed by atoms with Gasteiger partial charge in [0.15, 0.2) is 11.6 Å². The summed E-state index contributed by atoms with van der Waals surface area (Å²) >= 11 is 0. The second-order valence-electron chi connectivity index (χ2n) is 12.1. The van der Waals surface area contributed by atoms with Gasteiger partial charge in [-0.3, -0.25) is 24.1 Å². The second-order valence-corrected chi connectivity index (χ2v) is 12.1. The number of nitrogens with zero attached hydrogens (tertiary/aromatic N) is 1. The molecule has 1 aliphatic carbocycles. The average molecular weight is 569 g/mol. The van der Waals surface area contributed by atoms with Crippen molar-refractivity contribution in [1.82, 2.24) is 10.2 Å². The number of hydrogen-bond donors (Lipinski definition) is 2. The zero-order valence-corrected chi connectivity index (χ0v) is 24.6. The van der Waals surface area contributed by atoms with Gasteiger partial charge >= 0.3 is 0 Å². The van der Waals surface area contributed by atoms with Crippen LogP contribution in [0.3, 0.4) is 0 Å². The van der Waals surface area contributed by atoms with Crippen molar-refractivity contribution in [2.45, 2.75) is 77.4 Å². The van der Waals surface area contributed by atoms with E-state index in [4.69, 9.17) is 9.47 Å².